The van der Waals surface area contributed by atoms with Crippen LogP contribution in [0.3, 0.4) is 0 Å². The number of benzene rings is 3. The van der Waals surface area contributed by atoms with Crippen molar-refractivity contribution < 1.29 is 9.90 Å². The lowest BCUT2D eigenvalue weighted by atomic mass is 10.0. The maximum absolute atomic E-state index is 13.4. The molecule has 158 valence electrons. The van der Waals surface area contributed by atoms with Crippen LogP contribution in [0.1, 0.15) is 27.2 Å². The van der Waals surface area contributed by atoms with E-state index in [2.05, 4.69) is 38.8 Å². The van der Waals surface area contributed by atoms with E-state index in [4.69, 9.17) is 0 Å². The Bertz CT molecular complexity index is 1460. The summed E-state index contributed by atoms with van der Waals surface area (Å²) in [5, 5.41) is 10.9. The Kier molecular flexibility index (Phi) is 4.24. The first kappa shape index (κ1) is 18.7. The SMILES string of the molecule is O=C(c1ccc2nc[nH]c2c1)N1CCc2c(n(Cc3ccc(O)cc3)c3ccccc23)C1. The predicted octanol–water partition coefficient (Wildman–Crippen LogP) is 4.47. The lowest BCUT2D eigenvalue weighted by Gasteiger charge is -2.29. The number of nitrogens with zero attached hydrogens (tertiary/aromatic N) is 3. The molecule has 3 heterocycles. The molecule has 1 aliphatic rings. The summed E-state index contributed by atoms with van der Waals surface area (Å²) < 4.78 is 2.31. The maximum Gasteiger partial charge on any atom is 0.254 e. The average molecular weight is 422 g/mol. The standard InChI is InChI=1S/C26H22N4O2/c31-19-8-5-17(6-9-19)14-30-24-4-2-1-3-20(24)21-11-12-29(15-25(21)30)26(32)18-7-10-22-23(13-18)28-16-27-22/h1-10,13,16,31H,11-12,14-15H2,(H,27,28). The average Bonchev–Trinajstić information content (AvgIpc) is 3.42. The highest BCUT2D eigenvalue weighted by Gasteiger charge is 2.27. The van der Waals surface area contributed by atoms with E-state index in [-0.39, 0.29) is 11.7 Å². The van der Waals surface area contributed by atoms with Crippen LogP contribution in [0.15, 0.2) is 73.1 Å². The van der Waals surface area contributed by atoms with Gasteiger partial charge in [-0.1, -0.05) is 30.3 Å². The van der Waals surface area contributed by atoms with Gasteiger partial charge >= 0.3 is 0 Å². The second kappa shape index (κ2) is 7.27. The fourth-order valence-electron chi connectivity index (χ4n) is 4.78. The van der Waals surface area contributed by atoms with Gasteiger partial charge < -0.3 is 19.6 Å². The maximum atomic E-state index is 13.4. The van der Waals surface area contributed by atoms with Crippen LogP contribution < -0.4 is 0 Å². The minimum Gasteiger partial charge on any atom is -0.508 e. The first-order chi connectivity index (χ1) is 15.7. The number of carbonyl (C=O) groups is 1. The normalized spacial score (nSPS) is 13.6. The molecule has 6 heteroatoms. The van der Waals surface area contributed by atoms with Crippen molar-refractivity contribution in [3.05, 3.63) is 95.4 Å². The van der Waals surface area contributed by atoms with Gasteiger partial charge in [0.2, 0.25) is 0 Å². The molecule has 1 aliphatic heterocycles. The third-order valence-corrected chi connectivity index (χ3v) is 6.40. The highest BCUT2D eigenvalue weighted by molar-refractivity contribution is 5.97. The van der Waals surface area contributed by atoms with Gasteiger partial charge in [-0.3, -0.25) is 4.79 Å². The third-order valence-electron chi connectivity index (χ3n) is 6.40. The molecule has 0 bridgehead atoms. The third kappa shape index (κ3) is 3.03. The molecular formula is C26H22N4O2. The molecule has 0 saturated heterocycles. The van der Waals surface area contributed by atoms with Crippen molar-refractivity contribution >= 4 is 27.8 Å². The number of rotatable bonds is 3. The smallest absolute Gasteiger partial charge is 0.254 e. The lowest BCUT2D eigenvalue weighted by Crippen LogP contribution is -2.36. The highest BCUT2D eigenvalue weighted by Crippen LogP contribution is 2.32. The van der Waals surface area contributed by atoms with Crippen LogP contribution in [0.25, 0.3) is 21.9 Å². The molecule has 2 N–H and O–H groups in total. The first-order valence-electron chi connectivity index (χ1n) is 10.8. The van der Waals surface area contributed by atoms with Gasteiger partial charge in [0.1, 0.15) is 5.75 Å². The Morgan fingerprint density at radius 1 is 1.06 bits per heavy atom. The molecule has 0 fully saturated rings. The van der Waals surface area contributed by atoms with Gasteiger partial charge in [0.25, 0.3) is 5.91 Å². The zero-order valence-corrected chi connectivity index (χ0v) is 17.5. The number of hydrogen-bond acceptors (Lipinski definition) is 3. The van der Waals surface area contributed by atoms with E-state index < -0.39 is 0 Å². The molecular weight excluding hydrogens is 400 g/mol. The number of aromatic hydroxyl groups is 1. The second-order valence-corrected chi connectivity index (χ2v) is 8.31. The number of H-pyrrole nitrogens is 1. The van der Waals surface area contributed by atoms with Crippen LogP contribution in [-0.2, 0) is 19.5 Å². The van der Waals surface area contributed by atoms with Crippen LogP contribution in [0.2, 0.25) is 0 Å². The largest absolute Gasteiger partial charge is 0.508 e. The van der Waals surface area contributed by atoms with Crippen molar-refractivity contribution in [1.29, 1.82) is 0 Å². The van der Waals surface area contributed by atoms with Crippen LogP contribution in [0.4, 0.5) is 0 Å². The van der Waals surface area contributed by atoms with E-state index in [1.807, 2.05) is 35.2 Å². The van der Waals surface area contributed by atoms with Crippen LogP contribution >= 0.6 is 0 Å². The summed E-state index contributed by atoms with van der Waals surface area (Å²) in [7, 11) is 0. The van der Waals surface area contributed by atoms with E-state index in [1.165, 1.54) is 22.2 Å². The molecule has 1 amide bonds. The Balaban J connectivity index is 1.38. The summed E-state index contributed by atoms with van der Waals surface area (Å²) in [6, 6.07) is 21.4. The van der Waals surface area contributed by atoms with Crippen molar-refractivity contribution in [3.8, 4) is 5.75 Å². The second-order valence-electron chi connectivity index (χ2n) is 8.31. The van der Waals surface area contributed by atoms with Gasteiger partial charge in [-0.25, -0.2) is 4.98 Å². The summed E-state index contributed by atoms with van der Waals surface area (Å²) in [6.45, 7) is 1.96. The van der Waals surface area contributed by atoms with E-state index in [9.17, 15) is 9.90 Å². The van der Waals surface area contributed by atoms with E-state index in [1.54, 1.807) is 18.5 Å². The fraction of sp³-hybridized carbons (Fsp3) is 0.154. The zero-order chi connectivity index (χ0) is 21.7. The molecule has 0 radical (unpaired) electrons. The summed E-state index contributed by atoms with van der Waals surface area (Å²) >= 11 is 0. The van der Waals surface area contributed by atoms with Crippen molar-refractivity contribution in [2.45, 2.75) is 19.5 Å². The first-order valence-corrected chi connectivity index (χ1v) is 10.8. The molecule has 3 aromatic carbocycles. The molecule has 0 spiro atoms. The van der Waals surface area contributed by atoms with Gasteiger partial charge in [-0.05, 0) is 53.9 Å². The Morgan fingerprint density at radius 2 is 1.91 bits per heavy atom. The van der Waals surface area contributed by atoms with Gasteiger partial charge in [-0.2, -0.15) is 0 Å². The number of imidazole rings is 1. The van der Waals surface area contributed by atoms with Crippen molar-refractivity contribution in [2.75, 3.05) is 6.54 Å². The molecule has 0 saturated carbocycles. The van der Waals surface area contributed by atoms with Crippen molar-refractivity contribution in [3.63, 3.8) is 0 Å². The fourth-order valence-corrected chi connectivity index (χ4v) is 4.78. The van der Waals surface area contributed by atoms with Gasteiger partial charge in [0.05, 0.1) is 23.9 Å². The van der Waals surface area contributed by atoms with Crippen molar-refractivity contribution in [1.82, 2.24) is 19.4 Å². The highest BCUT2D eigenvalue weighted by atomic mass is 16.3. The van der Waals surface area contributed by atoms with Gasteiger partial charge in [0, 0.05) is 35.2 Å². The molecule has 6 nitrogen and oxygen atoms in total. The molecule has 2 aromatic heterocycles. The molecule has 0 atom stereocenters. The number of fused-ring (bicyclic) bond motifs is 4. The Hall–Kier alpha value is -4.06. The monoisotopic (exact) mass is 422 g/mol. The summed E-state index contributed by atoms with van der Waals surface area (Å²) in [4.78, 5) is 22.6. The Morgan fingerprint density at radius 3 is 2.78 bits per heavy atom. The van der Waals surface area contributed by atoms with Gasteiger partial charge in [0.15, 0.2) is 0 Å². The predicted molar refractivity (Wildman–Crippen MR) is 124 cm³/mol. The van der Waals surface area contributed by atoms with E-state index >= 15 is 0 Å². The number of aromatic nitrogens is 3. The molecule has 0 aliphatic carbocycles. The quantitative estimate of drug-likeness (QED) is 0.451. The van der Waals surface area contributed by atoms with Gasteiger partial charge in [-0.15, -0.1) is 0 Å². The summed E-state index contributed by atoms with van der Waals surface area (Å²) in [5.41, 5.74) is 7.20. The van der Waals surface area contributed by atoms with Crippen LogP contribution in [0, 0.1) is 0 Å². The van der Waals surface area contributed by atoms with Crippen LogP contribution in [0.5, 0.6) is 5.75 Å². The number of para-hydroxylation sites is 1. The zero-order valence-electron chi connectivity index (χ0n) is 17.5. The van der Waals surface area contributed by atoms with E-state index in [0.29, 0.717) is 25.2 Å². The summed E-state index contributed by atoms with van der Waals surface area (Å²) in [5.74, 6) is 0.299. The minimum atomic E-state index is 0.0357. The molecule has 5 aromatic rings. The number of amides is 1. The molecule has 6 rings (SSSR count). The summed E-state index contributed by atoms with van der Waals surface area (Å²) in [6.07, 6.45) is 2.48. The lowest BCUT2D eigenvalue weighted by molar-refractivity contribution is 0.0731. The molecule has 32 heavy (non-hydrogen) atoms. The van der Waals surface area contributed by atoms with Crippen molar-refractivity contribution in [2.24, 2.45) is 0 Å². The number of carbonyl (C=O) groups excluding carboxylic acids is 1. The minimum absolute atomic E-state index is 0.0357. The number of aromatic amines is 1. The molecule has 0 unspecified atom stereocenters. The number of phenols is 1. The number of hydrogen-bond donors (Lipinski definition) is 2. The Labute approximate surface area is 184 Å². The topological polar surface area (TPSA) is 74.2 Å². The number of nitrogens with one attached hydrogen (secondary N) is 1. The number of phenolic OH excluding ortho intramolecular Hbond substituents is 1. The van der Waals surface area contributed by atoms with Crippen LogP contribution in [-0.4, -0.2) is 37.0 Å². The van der Waals surface area contributed by atoms with E-state index in [0.717, 1.165) is 23.0 Å².